The van der Waals surface area contributed by atoms with Gasteiger partial charge in [0.05, 0.1) is 5.60 Å². The van der Waals surface area contributed by atoms with Crippen LogP contribution in [0.15, 0.2) is 30.3 Å². The summed E-state index contributed by atoms with van der Waals surface area (Å²) in [6, 6.07) is 10.1. The highest BCUT2D eigenvalue weighted by Crippen LogP contribution is 2.40. The van der Waals surface area contributed by atoms with Gasteiger partial charge < -0.3 is 15.7 Å². The second-order valence-corrected chi connectivity index (χ2v) is 10.1. The highest BCUT2D eigenvalue weighted by Gasteiger charge is 2.41. The van der Waals surface area contributed by atoms with Crippen LogP contribution in [0.4, 0.5) is 0 Å². The van der Waals surface area contributed by atoms with Crippen molar-refractivity contribution in [2.45, 2.75) is 89.6 Å². The molecule has 1 heterocycles. The number of benzene rings is 1. The molecule has 0 spiro atoms. The van der Waals surface area contributed by atoms with Gasteiger partial charge >= 0.3 is 0 Å². The summed E-state index contributed by atoms with van der Waals surface area (Å²) in [5.74, 6) is 1.38. The Bertz CT molecular complexity index is 658. The average molecular weight is 429 g/mol. The van der Waals surface area contributed by atoms with Gasteiger partial charge in [-0.15, -0.1) is 0 Å². The number of rotatable bonds is 10. The number of carbonyl (C=O) groups is 1. The third kappa shape index (κ3) is 6.55. The Hall–Kier alpha value is -1.39. The van der Waals surface area contributed by atoms with Gasteiger partial charge in [-0.05, 0) is 49.6 Å². The van der Waals surface area contributed by atoms with Crippen molar-refractivity contribution in [3.8, 4) is 0 Å². The molecular formula is C27H44N2O2. The molecule has 3 N–H and O–H groups in total. The summed E-state index contributed by atoms with van der Waals surface area (Å²) < 4.78 is 0. The van der Waals surface area contributed by atoms with E-state index >= 15 is 0 Å². The second-order valence-electron chi connectivity index (χ2n) is 10.1. The van der Waals surface area contributed by atoms with E-state index in [1.54, 1.807) is 0 Å². The summed E-state index contributed by atoms with van der Waals surface area (Å²) in [6.45, 7) is 4.24. The Morgan fingerprint density at radius 1 is 1.16 bits per heavy atom. The predicted molar refractivity (Wildman–Crippen MR) is 128 cm³/mol. The van der Waals surface area contributed by atoms with Crippen molar-refractivity contribution in [1.29, 1.82) is 0 Å². The van der Waals surface area contributed by atoms with Gasteiger partial charge in [0, 0.05) is 25.4 Å². The molecule has 0 unspecified atom stereocenters. The van der Waals surface area contributed by atoms with Gasteiger partial charge in [0.2, 0.25) is 5.91 Å². The number of nitrogens with zero attached hydrogens (tertiary/aromatic N) is 1. The van der Waals surface area contributed by atoms with Gasteiger partial charge in [-0.2, -0.15) is 0 Å². The molecule has 1 aliphatic heterocycles. The fourth-order valence-electron chi connectivity index (χ4n) is 5.88. The molecule has 0 radical (unpaired) electrons. The number of hydrogen-bond acceptors (Lipinski definition) is 3. The molecule has 1 amide bonds. The van der Waals surface area contributed by atoms with Crippen molar-refractivity contribution in [2.75, 3.05) is 19.6 Å². The minimum absolute atomic E-state index is 0.0915. The molecule has 1 aromatic carbocycles. The minimum Gasteiger partial charge on any atom is -0.385 e. The van der Waals surface area contributed by atoms with Crippen LogP contribution in [0.2, 0.25) is 0 Å². The first kappa shape index (κ1) is 24.3. The molecular weight excluding hydrogens is 384 g/mol. The highest BCUT2D eigenvalue weighted by atomic mass is 16.3. The van der Waals surface area contributed by atoms with E-state index in [1.807, 2.05) is 35.2 Å². The molecule has 4 nitrogen and oxygen atoms in total. The summed E-state index contributed by atoms with van der Waals surface area (Å²) in [5, 5.41) is 11.8. The van der Waals surface area contributed by atoms with Crippen molar-refractivity contribution in [2.24, 2.45) is 23.5 Å². The molecule has 1 aliphatic carbocycles. The van der Waals surface area contributed by atoms with Gasteiger partial charge in [0.1, 0.15) is 0 Å². The van der Waals surface area contributed by atoms with Crippen LogP contribution < -0.4 is 5.73 Å². The van der Waals surface area contributed by atoms with Crippen LogP contribution in [0, 0.1) is 17.8 Å². The fraction of sp³-hybridized carbons (Fsp3) is 0.741. The summed E-state index contributed by atoms with van der Waals surface area (Å²) in [5.41, 5.74) is 6.23. The van der Waals surface area contributed by atoms with Gasteiger partial charge in [-0.25, -0.2) is 0 Å². The maximum Gasteiger partial charge on any atom is 0.222 e. The number of nitrogens with two attached hydrogens (primary N) is 1. The second kappa shape index (κ2) is 12.0. The van der Waals surface area contributed by atoms with Crippen molar-refractivity contribution in [3.63, 3.8) is 0 Å². The smallest absolute Gasteiger partial charge is 0.222 e. The normalized spacial score (nSPS) is 23.3. The van der Waals surface area contributed by atoms with Gasteiger partial charge in [-0.3, -0.25) is 4.79 Å². The van der Waals surface area contributed by atoms with E-state index in [2.05, 4.69) is 6.92 Å². The Morgan fingerprint density at radius 3 is 2.58 bits per heavy atom. The van der Waals surface area contributed by atoms with Crippen LogP contribution >= 0.6 is 0 Å². The van der Waals surface area contributed by atoms with Crippen molar-refractivity contribution in [1.82, 2.24) is 4.90 Å². The first-order valence-corrected chi connectivity index (χ1v) is 12.8. The molecule has 2 fully saturated rings. The first-order valence-electron chi connectivity index (χ1n) is 12.8. The van der Waals surface area contributed by atoms with E-state index in [4.69, 9.17) is 5.73 Å². The zero-order chi connectivity index (χ0) is 22.1. The molecule has 0 bridgehead atoms. The van der Waals surface area contributed by atoms with Crippen LogP contribution in [0.3, 0.4) is 0 Å². The predicted octanol–water partition coefficient (Wildman–Crippen LogP) is 5.24. The van der Waals surface area contributed by atoms with Crippen molar-refractivity contribution >= 4 is 5.91 Å². The zero-order valence-electron chi connectivity index (χ0n) is 19.6. The largest absolute Gasteiger partial charge is 0.385 e. The third-order valence-corrected chi connectivity index (χ3v) is 7.82. The maximum atomic E-state index is 13.2. The molecule has 2 aliphatic rings. The lowest BCUT2D eigenvalue weighted by Gasteiger charge is -2.43. The molecule has 0 aromatic heterocycles. The van der Waals surface area contributed by atoms with Crippen molar-refractivity contribution in [3.05, 3.63) is 35.9 Å². The monoisotopic (exact) mass is 428 g/mol. The number of unbranched alkanes of at least 4 members (excludes halogenated alkanes) is 1. The molecule has 174 valence electrons. The van der Waals surface area contributed by atoms with E-state index in [0.29, 0.717) is 25.4 Å². The number of hydrogen-bond donors (Lipinski definition) is 2. The number of carbonyl (C=O) groups excluding carboxylic acids is 1. The Kier molecular flexibility index (Phi) is 9.40. The minimum atomic E-state index is -0.856. The third-order valence-electron chi connectivity index (χ3n) is 7.82. The standard InChI is InChI=1S/C27H44N2O2/c1-2-3-16-27(31,24-13-8-5-9-14-24)25-15-10-17-29(21-25)26(30)19-23(20-28)18-22-11-6-4-7-12-22/h5,8-9,13-14,22-23,25,31H,2-4,6-7,10-12,15-21,28H2,1H3/t23-,25-,27-/m1/s1. The lowest BCUT2D eigenvalue weighted by Crippen LogP contribution is -2.48. The summed E-state index contributed by atoms with van der Waals surface area (Å²) >= 11 is 0. The van der Waals surface area contributed by atoms with E-state index in [9.17, 15) is 9.90 Å². The van der Waals surface area contributed by atoms with Crippen LogP contribution in [0.1, 0.15) is 89.5 Å². The number of amides is 1. The van der Waals surface area contributed by atoms with Gasteiger partial charge in [0.15, 0.2) is 0 Å². The topological polar surface area (TPSA) is 66.6 Å². The van der Waals surface area contributed by atoms with Gasteiger partial charge in [0.25, 0.3) is 0 Å². The molecule has 1 saturated carbocycles. The number of aliphatic hydroxyl groups is 1. The number of piperidine rings is 1. The summed E-state index contributed by atoms with van der Waals surface area (Å²) in [4.78, 5) is 15.2. The van der Waals surface area contributed by atoms with Crippen molar-refractivity contribution < 1.29 is 9.90 Å². The molecule has 3 atom stereocenters. The van der Waals surface area contributed by atoms with E-state index < -0.39 is 5.60 Å². The molecule has 31 heavy (non-hydrogen) atoms. The van der Waals surface area contributed by atoms with Crippen LogP contribution in [0.5, 0.6) is 0 Å². The summed E-state index contributed by atoms with van der Waals surface area (Å²) in [7, 11) is 0. The summed E-state index contributed by atoms with van der Waals surface area (Å²) in [6.07, 6.45) is 13.1. The Labute approximate surface area is 189 Å². The van der Waals surface area contributed by atoms with Crippen LogP contribution in [-0.4, -0.2) is 35.5 Å². The van der Waals surface area contributed by atoms with Gasteiger partial charge in [-0.1, -0.05) is 82.2 Å². The lowest BCUT2D eigenvalue weighted by molar-refractivity contribution is -0.137. The van der Waals surface area contributed by atoms with E-state index in [-0.39, 0.29) is 11.8 Å². The Morgan fingerprint density at radius 2 is 1.90 bits per heavy atom. The van der Waals surface area contributed by atoms with Crippen LogP contribution in [0.25, 0.3) is 0 Å². The zero-order valence-corrected chi connectivity index (χ0v) is 19.6. The number of likely N-dealkylation sites (tertiary alicyclic amines) is 1. The molecule has 1 aromatic rings. The first-order chi connectivity index (χ1) is 15.1. The van der Waals surface area contributed by atoms with Crippen LogP contribution in [-0.2, 0) is 10.4 Å². The maximum absolute atomic E-state index is 13.2. The molecule has 4 heteroatoms. The SMILES string of the molecule is CCCC[C@@](O)(c1ccccc1)[C@@H]1CCCN(C(=O)C[C@H](CN)CC2CCCCC2)C1. The Balaban J connectivity index is 1.64. The molecule has 3 rings (SSSR count). The highest BCUT2D eigenvalue weighted by molar-refractivity contribution is 5.76. The quantitative estimate of drug-likeness (QED) is 0.536. The fourth-order valence-corrected chi connectivity index (χ4v) is 5.88. The lowest BCUT2D eigenvalue weighted by atomic mass is 9.74. The van der Waals surface area contributed by atoms with E-state index in [1.165, 1.54) is 32.1 Å². The van der Waals surface area contributed by atoms with E-state index in [0.717, 1.165) is 56.6 Å². The molecule has 1 saturated heterocycles. The average Bonchev–Trinajstić information content (AvgIpc) is 2.83.